The van der Waals surface area contributed by atoms with Crippen LogP contribution in [0, 0.1) is 0 Å². The van der Waals surface area contributed by atoms with E-state index in [1.54, 1.807) is 30.1 Å². The molecule has 7 heteroatoms. The molecule has 106 valence electrons. The van der Waals surface area contributed by atoms with Gasteiger partial charge in [0.15, 0.2) is 5.82 Å². The van der Waals surface area contributed by atoms with Crippen molar-refractivity contribution in [1.82, 2.24) is 15.1 Å². The largest absolute Gasteiger partial charge is 0.384 e. The van der Waals surface area contributed by atoms with E-state index in [4.69, 9.17) is 21.9 Å². The van der Waals surface area contributed by atoms with Crippen LogP contribution in [0.1, 0.15) is 5.82 Å². The molecule has 0 saturated carbocycles. The van der Waals surface area contributed by atoms with Gasteiger partial charge in [0.25, 0.3) is 5.89 Å². The average molecular weight is 319 g/mol. The second-order valence-corrected chi connectivity index (χ2v) is 5.63. The van der Waals surface area contributed by atoms with Gasteiger partial charge in [-0.15, -0.1) is 11.8 Å². The highest BCUT2D eigenvalue weighted by Crippen LogP contribution is 2.29. The van der Waals surface area contributed by atoms with E-state index in [1.165, 1.54) is 0 Å². The Morgan fingerprint density at radius 3 is 2.81 bits per heavy atom. The number of anilines is 1. The molecule has 0 saturated heterocycles. The normalized spacial score (nSPS) is 10.7. The molecule has 0 unspecified atom stereocenters. The Morgan fingerprint density at radius 2 is 2.05 bits per heavy atom. The van der Waals surface area contributed by atoms with Crippen molar-refractivity contribution in [2.45, 2.75) is 10.6 Å². The lowest BCUT2D eigenvalue weighted by molar-refractivity contribution is 0.425. The van der Waals surface area contributed by atoms with Crippen LogP contribution in [-0.2, 0) is 5.75 Å². The Bertz CT molecular complexity index is 745. The van der Waals surface area contributed by atoms with Crippen LogP contribution < -0.4 is 5.73 Å². The number of nitrogens with two attached hydrogens (primary N) is 1. The molecule has 0 atom stereocenters. The average Bonchev–Trinajstić information content (AvgIpc) is 2.96. The maximum Gasteiger partial charge on any atom is 0.259 e. The number of aromatic nitrogens is 3. The molecule has 3 aromatic rings. The van der Waals surface area contributed by atoms with E-state index in [9.17, 15) is 0 Å². The van der Waals surface area contributed by atoms with Crippen LogP contribution in [-0.4, -0.2) is 15.1 Å². The van der Waals surface area contributed by atoms with Gasteiger partial charge in [-0.2, -0.15) is 4.98 Å². The molecule has 0 bridgehead atoms. The maximum absolute atomic E-state index is 6.10. The van der Waals surface area contributed by atoms with Crippen LogP contribution in [0.3, 0.4) is 0 Å². The molecule has 0 amide bonds. The zero-order valence-electron chi connectivity index (χ0n) is 10.9. The lowest BCUT2D eigenvalue weighted by atomic mass is 10.3. The van der Waals surface area contributed by atoms with Gasteiger partial charge in [-0.3, -0.25) is 0 Å². The molecular formula is C14H11ClN4OS. The monoisotopic (exact) mass is 318 g/mol. The van der Waals surface area contributed by atoms with Gasteiger partial charge in [-0.1, -0.05) is 28.9 Å². The summed E-state index contributed by atoms with van der Waals surface area (Å²) in [7, 11) is 0. The number of pyridine rings is 1. The third kappa shape index (κ3) is 3.34. The van der Waals surface area contributed by atoms with Gasteiger partial charge in [0, 0.05) is 11.1 Å². The summed E-state index contributed by atoms with van der Waals surface area (Å²) in [5.74, 6) is 2.06. The van der Waals surface area contributed by atoms with Gasteiger partial charge in [0.05, 0.1) is 16.3 Å². The van der Waals surface area contributed by atoms with Crippen LogP contribution >= 0.6 is 23.4 Å². The highest BCUT2D eigenvalue weighted by molar-refractivity contribution is 7.98. The fraction of sp³-hybridized carbons (Fsp3) is 0.0714. The topological polar surface area (TPSA) is 77.8 Å². The Morgan fingerprint density at radius 1 is 1.19 bits per heavy atom. The van der Waals surface area contributed by atoms with Crippen LogP contribution in [0.5, 0.6) is 0 Å². The summed E-state index contributed by atoms with van der Waals surface area (Å²) in [6.45, 7) is 0. The van der Waals surface area contributed by atoms with Crippen molar-refractivity contribution in [2.24, 2.45) is 0 Å². The second-order valence-electron chi connectivity index (χ2n) is 4.21. The molecule has 0 fully saturated rings. The molecule has 0 aliphatic heterocycles. The van der Waals surface area contributed by atoms with Gasteiger partial charge in [0.2, 0.25) is 0 Å². The summed E-state index contributed by atoms with van der Waals surface area (Å²) in [4.78, 5) is 9.32. The fourth-order valence-electron chi connectivity index (χ4n) is 1.67. The summed E-state index contributed by atoms with van der Waals surface area (Å²) in [6, 6.07) is 11.1. The molecule has 1 aromatic carbocycles. The molecule has 2 heterocycles. The molecule has 3 rings (SSSR count). The van der Waals surface area contributed by atoms with Crippen molar-refractivity contribution in [3.05, 3.63) is 53.4 Å². The zero-order chi connectivity index (χ0) is 14.7. The van der Waals surface area contributed by atoms with Crippen LogP contribution in [0.2, 0.25) is 5.02 Å². The Hall–Kier alpha value is -2.05. The summed E-state index contributed by atoms with van der Waals surface area (Å²) in [6.07, 6.45) is 1.60. The van der Waals surface area contributed by atoms with Crippen molar-refractivity contribution >= 4 is 29.2 Å². The van der Waals surface area contributed by atoms with Crippen molar-refractivity contribution in [3.8, 4) is 11.5 Å². The number of hydrogen-bond donors (Lipinski definition) is 1. The summed E-state index contributed by atoms with van der Waals surface area (Å²) in [5, 5.41) is 4.67. The minimum Gasteiger partial charge on any atom is -0.384 e. The summed E-state index contributed by atoms with van der Waals surface area (Å²) < 4.78 is 5.22. The van der Waals surface area contributed by atoms with Gasteiger partial charge >= 0.3 is 0 Å². The molecular weight excluding hydrogens is 308 g/mol. The quantitative estimate of drug-likeness (QED) is 0.740. The van der Waals surface area contributed by atoms with Gasteiger partial charge in [-0.05, 0) is 24.3 Å². The molecule has 0 radical (unpaired) electrons. The summed E-state index contributed by atoms with van der Waals surface area (Å²) >= 11 is 7.66. The van der Waals surface area contributed by atoms with Gasteiger partial charge in [-0.25, -0.2) is 4.98 Å². The molecule has 0 spiro atoms. The highest BCUT2D eigenvalue weighted by atomic mass is 35.5. The predicted octanol–water partition coefficient (Wildman–Crippen LogP) is 3.66. The van der Waals surface area contributed by atoms with Crippen molar-refractivity contribution < 1.29 is 4.52 Å². The first kappa shape index (κ1) is 13.9. The number of thioether (sulfide) groups is 1. The first-order valence-corrected chi connectivity index (χ1v) is 7.50. The molecule has 2 N–H and O–H groups in total. The molecule has 0 aliphatic carbocycles. The van der Waals surface area contributed by atoms with Crippen LogP contribution in [0.4, 0.5) is 5.82 Å². The number of hydrogen-bond acceptors (Lipinski definition) is 6. The van der Waals surface area contributed by atoms with Gasteiger partial charge < -0.3 is 10.3 Å². The molecule has 0 aliphatic rings. The predicted molar refractivity (Wildman–Crippen MR) is 83.0 cm³/mol. The van der Waals surface area contributed by atoms with E-state index in [0.717, 1.165) is 10.5 Å². The van der Waals surface area contributed by atoms with Crippen molar-refractivity contribution in [3.63, 3.8) is 0 Å². The number of rotatable bonds is 4. The maximum atomic E-state index is 6.10. The second kappa shape index (κ2) is 6.15. The van der Waals surface area contributed by atoms with Crippen molar-refractivity contribution in [2.75, 3.05) is 5.73 Å². The Labute approximate surface area is 130 Å². The van der Waals surface area contributed by atoms with E-state index in [0.29, 0.717) is 28.3 Å². The first-order chi connectivity index (χ1) is 10.2. The number of benzene rings is 1. The molecule has 5 nitrogen and oxygen atoms in total. The first-order valence-electron chi connectivity index (χ1n) is 6.14. The standard InChI is InChI=1S/C14H11ClN4OS/c15-10-3-1-2-4-11(10)21-8-13-18-14(20-19-13)9-5-6-12(16)17-7-9/h1-7H,8H2,(H2,16,17). The lowest BCUT2D eigenvalue weighted by Gasteiger charge is -2.00. The van der Waals surface area contributed by atoms with Gasteiger partial charge in [0.1, 0.15) is 5.82 Å². The summed E-state index contributed by atoms with van der Waals surface area (Å²) in [5.41, 5.74) is 6.28. The van der Waals surface area contributed by atoms with Crippen LogP contribution in [0.15, 0.2) is 52.0 Å². The molecule has 21 heavy (non-hydrogen) atoms. The minimum absolute atomic E-state index is 0.428. The zero-order valence-corrected chi connectivity index (χ0v) is 12.4. The molecule has 2 aromatic heterocycles. The van der Waals surface area contributed by atoms with E-state index < -0.39 is 0 Å². The van der Waals surface area contributed by atoms with Crippen LogP contribution in [0.25, 0.3) is 11.5 Å². The minimum atomic E-state index is 0.428. The third-order valence-corrected chi connectivity index (χ3v) is 4.21. The third-order valence-electron chi connectivity index (χ3n) is 2.69. The highest BCUT2D eigenvalue weighted by Gasteiger charge is 2.10. The fourth-order valence-corrected chi connectivity index (χ4v) is 2.75. The Kier molecular flexibility index (Phi) is 4.08. The van der Waals surface area contributed by atoms with E-state index in [2.05, 4.69) is 15.1 Å². The number of halogens is 1. The van der Waals surface area contributed by atoms with Crippen molar-refractivity contribution in [1.29, 1.82) is 0 Å². The smallest absolute Gasteiger partial charge is 0.259 e. The number of nitrogens with zero attached hydrogens (tertiary/aromatic N) is 3. The van der Waals surface area contributed by atoms with E-state index >= 15 is 0 Å². The Balaban J connectivity index is 1.71. The van der Waals surface area contributed by atoms with E-state index in [1.807, 2.05) is 24.3 Å². The number of nitrogen functional groups attached to an aromatic ring is 1. The SMILES string of the molecule is Nc1ccc(-c2nc(CSc3ccccc3Cl)no2)cn1. The van der Waals surface area contributed by atoms with E-state index in [-0.39, 0.29) is 0 Å². The lowest BCUT2D eigenvalue weighted by Crippen LogP contribution is -1.89.